The standard InChI is InChI=1S/C23H32ClN5O3/c1-17-5-7-19(8-6-17)15-29-22(24)21(18(2)26-29)23(31)28-12-10-27(11-13-28)16-20(30)25-9-4-14-32-3/h5-8H,4,9-16H2,1-3H3,(H,25,30). The molecule has 0 radical (unpaired) electrons. The fraction of sp³-hybridized carbons (Fsp3) is 0.522. The first-order valence-electron chi connectivity index (χ1n) is 10.9. The van der Waals surface area contributed by atoms with Crippen LogP contribution in [0.1, 0.15) is 33.6 Å². The van der Waals surface area contributed by atoms with E-state index < -0.39 is 0 Å². The summed E-state index contributed by atoms with van der Waals surface area (Å²) in [5.41, 5.74) is 3.36. The lowest BCUT2D eigenvalue weighted by Gasteiger charge is -2.34. The van der Waals surface area contributed by atoms with Crippen LogP contribution in [-0.4, -0.2) is 84.4 Å². The van der Waals surface area contributed by atoms with E-state index in [1.807, 2.05) is 38.1 Å². The topological polar surface area (TPSA) is 79.7 Å². The molecule has 1 aliphatic rings. The van der Waals surface area contributed by atoms with Crippen LogP contribution in [0.5, 0.6) is 0 Å². The minimum atomic E-state index is -0.105. The van der Waals surface area contributed by atoms with E-state index in [9.17, 15) is 9.59 Å². The number of aryl methyl sites for hydroxylation is 2. The first-order chi connectivity index (χ1) is 15.4. The molecular weight excluding hydrogens is 430 g/mol. The van der Waals surface area contributed by atoms with Crippen molar-refractivity contribution in [2.75, 3.05) is 53.0 Å². The summed E-state index contributed by atoms with van der Waals surface area (Å²) in [6, 6.07) is 8.17. The first-order valence-corrected chi connectivity index (χ1v) is 11.3. The van der Waals surface area contributed by atoms with Crippen LogP contribution in [0.4, 0.5) is 0 Å². The molecule has 1 saturated heterocycles. The van der Waals surface area contributed by atoms with E-state index in [4.69, 9.17) is 16.3 Å². The van der Waals surface area contributed by atoms with Crippen LogP contribution in [0.3, 0.4) is 0 Å². The highest BCUT2D eigenvalue weighted by atomic mass is 35.5. The first kappa shape index (κ1) is 24.2. The molecule has 8 nitrogen and oxygen atoms in total. The van der Waals surface area contributed by atoms with E-state index in [1.165, 1.54) is 5.56 Å². The highest BCUT2D eigenvalue weighted by molar-refractivity contribution is 6.33. The third-order valence-corrected chi connectivity index (χ3v) is 5.99. The third-order valence-electron chi connectivity index (χ3n) is 5.61. The fourth-order valence-electron chi connectivity index (χ4n) is 3.74. The van der Waals surface area contributed by atoms with Crippen LogP contribution >= 0.6 is 11.6 Å². The van der Waals surface area contributed by atoms with Gasteiger partial charge < -0.3 is 15.0 Å². The molecule has 1 N–H and O–H groups in total. The molecule has 0 spiro atoms. The molecule has 1 aromatic carbocycles. The van der Waals surface area contributed by atoms with E-state index in [0.29, 0.717) is 68.8 Å². The normalized spacial score (nSPS) is 14.6. The van der Waals surface area contributed by atoms with Gasteiger partial charge in [-0.15, -0.1) is 0 Å². The van der Waals surface area contributed by atoms with Crippen molar-refractivity contribution in [3.8, 4) is 0 Å². The van der Waals surface area contributed by atoms with E-state index >= 15 is 0 Å². The molecule has 1 aromatic heterocycles. The summed E-state index contributed by atoms with van der Waals surface area (Å²) < 4.78 is 6.66. The smallest absolute Gasteiger partial charge is 0.258 e. The number of carbonyl (C=O) groups excluding carboxylic acids is 2. The van der Waals surface area contributed by atoms with Gasteiger partial charge in [0.05, 0.1) is 24.3 Å². The van der Waals surface area contributed by atoms with Crippen molar-refractivity contribution in [3.05, 3.63) is 51.8 Å². The number of nitrogens with one attached hydrogen (secondary N) is 1. The second kappa shape index (κ2) is 11.4. The number of halogens is 1. The second-order valence-electron chi connectivity index (χ2n) is 8.16. The van der Waals surface area contributed by atoms with Crippen molar-refractivity contribution in [3.63, 3.8) is 0 Å². The van der Waals surface area contributed by atoms with Gasteiger partial charge in [-0.25, -0.2) is 4.68 Å². The van der Waals surface area contributed by atoms with E-state index in [2.05, 4.69) is 15.3 Å². The Morgan fingerprint density at radius 1 is 1.12 bits per heavy atom. The van der Waals surface area contributed by atoms with Crippen LogP contribution in [-0.2, 0) is 16.1 Å². The zero-order chi connectivity index (χ0) is 23.1. The number of ether oxygens (including phenoxy) is 1. The number of rotatable bonds is 9. The Labute approximate surface area is 194 Å². The van der Waals surface area contributed by atoms with Gasteiger partial charge in [0.1, 0.15) is 5.15 Å². The van der Waals surface area contributed by atoms with Crippen LogP contribution in [0.25, 0.3) is 0 Å². The molecular formula is C23H32ClN5O3. The number of hydrogen-bond acceptors (Lipinski definition) is 5. The molecule has 1 aliphatic heterocycles. The zero-order valence-corrected chi connectivity index (χ0v) is 19.8. The molecule has 174 valence electrons. The minimum absolute atomic E-state index is 0.00264. The minimum Gasteiger partial charge on any atom is -0.385 e. The lowest BCUT2D eigenvalue weighted by Crippen LogP contribution is -2.51. The van der Waals surface area contributed by atoms with Gasteiger partial charge in [0.25, 0.3) is 5.91 Å². The maximum Gasteiger partial charge on any atom is 0.258 e. The highest BCUT2D eigenvalue weighted by Crippen LogP contribution is 2.23. The predicted molar refractivity (Wildman–Crippen MR) is 124 cm³/mol. The summed E-state index contributed by atoms with van der Waals surface area (Å²) in [6.45, 7) is 8.33. The highest BCUT2D eigenvalue weighted by Gasteiger charge is 2.28. The van der Waals surface area contributed by atoms with Crippen molar-refractivity contribution in [2.45, 2.75) is 26.8 Å². The summed E-state index contributed by atoms with van der Waals surface area (Å²) in [6.07, 6.45) is 0.794. The van der Waals surface area contributed by atoms with Crippen molar-refractivity contribution >= 4 is 23.4 Å². The van der Waals surface area contributed by atoms with Gasteiger partial charge in [-0.05, 0) is 25.8 Å². The zero-order valence-electron chi connectivity index (χ0n) is 19.1. The fourth-order valence-corrected chi connectivity index (χ4v) is 4.05. The number of nitrogens with zero attached hydrogens (tertiary/aromatic N) is 4. The van der Waals surface area contributed by atoms with Gasteiger partial charge in [-0.2, -0.15) is 5.10 Å². The second-order valence-corrected chi connectivity index (χ2v) is 8.52. The summed E-state index contributed by atoms with van der Waals surface area (Å²) in [7, 11) is 1.65. The SMILES string of the molecule is COCCCNC(=O)CN1CCN(C(=O)c2c(C)nn(Cc3ccc(C)cc3)c2Cl)CC1. The van der Waals surface area contributed by atoms with Gasteiger partial charge in [0.2, 0.25) is 5.91 Å². The molecule has 3 rings (SSSR count). The van der Waals surface area contributed by atoms with Crippen molar-refractivity contribution in [2.24, 2.45) is 0 Å². The molecule has 1 fully saturated rings. The lowest BCUT2D eigenvalue weighted by atomic mass is 10.1. The summed E-state index contributed by atoms with van der Waals surface area (Å²) in [4.78, 5) is 29.1. The molecule has 2 amide bonds. The van der Waals surface area contributed by atoms with Gasteiger partial charge in [0.15, 0.2) is 0 Å². The quantitative estimate of drug-likeness (QED) is 0.578. The van der Waals surface area contributed by atoms with Crippen molar-refractivity contribution < 1.29 is 14.3 Å². The number of methoxy groups -OCH3 is 1. The third kappa shape index (κ3) is 6.31. The average molecular weight is 462 g/mol. The Hall–Kier alpha value is -2.42. The summed E-state index contributed by atoms with van der Waals surface area (Å²) in [5, 5.41) is 7.77. The molecule has 32 heavy (non-hydrogen) atoms. The van der Waals surface area contributed by atoms with E-state index in [1.54, 1.807) is 16.7 Å². The number of carbonyl (C=O) groups is 2. The molecule has 0 atom stereocenters. The maximum absolute atomic E-state index is 13.2. The number of amides is 2. The summed E-state index contributed by atoms with van der Waals surface area (Å²) in [5.74, 6) is -0.108. The largest absolute Gasteiger partial charge is 0.385 e. The van der Waals surface area contributed by atoms with Crippen molar-refractivity contribution in [1.82, 2.24) is 24.9 Å². The van der Waals surface area contributed by atoms with Crippen molar-refractivity contribution in [1.29, 1.82) is 0 Å². The van der Waals surface area contributed by atoms with Gasteiger partial charge in [-0.1, -0.05) is 41.4 Å². The Morgan fingerprint density at radius 3 is 2.47 bits per heavy atom. The van der Waals surface area contributed by atoms with E-state index in [-0.39, 0.29) is 11.8 Å². The number of benzene rings is 1. The maximum atomic E-state index is 13.2. The molecule has 0 unspecified atom stereocenters. The van der Waals surface area contributed by atoms with Crippen LogP contribution in [0, 0.1) is 13.8 Å². The van der Waals surface area contributed by atoms with Crippen LogP contribution in [0.15, 0.2) is 24.3 Å². The summed E-state index contributed by atoms with van der Waals surface area (Å²) >= 11 is 6.57. The monoisotopic (exact) mass is 461 g/mol. The Bertz CT molecular complexity index is 920. The predicted octanol–water partition coefficient (Wildman–Crippen LogP) is 2.11. The number of aromatic nitrogens is 2. The molecule has 0 aliphatic carbocycles. The van der Waals surface area contributed by atoms with Crippen LogP contribution < -0.4 is 5.32 Å². The van der Waals surface area contributed by atoms with Crippen LogP contribution in [0.2, 0.25) is 5.15 Å². The average Bonchev–Trinajstić information content (AvgIpc) is 3.05. The van der Waals surface area contributed by atoms with Gasteiger partial charge in [-0.3, -0.25) is 14.5 Å². The lowest BCUT2D eigenvalue weighted by molar-refractivity contribution is -0.122. The Morgan fingerprint density at radius 2 is 1.81 bits per heavy atom. The Balaban J connectivity index is 1.54. The molecule has 2 heterocycles. The number of piperazine rings is 1. The Kier molecular flexibility index (Phi) is 8.67. The van der Waals surface area contributed by atoms with Gasteiger partial charge in [0, 0.05) is 46.4 Å². The molecule has 2 aromatic rings. The van der Waals surface area contributed by atoms with E-state index in [0.717, 1.165) is 12.0 Å². The molecule has 0 bridgehead atoms. The van der Waals surface area contributed by atoms with Gasteiger partial charge >= 0.3 is 0 Å². The number of hydrogen-bond donors (Lipinski definition) is 1. The molecule has 9 heteroatoms. The molecule has 0 saturated carbocycles.